The molecule has 0 bridgehead atoms. The molecule has 2 aromatic carbocycles. The van der Waals surface area contributed by atoms with Gasteiger partial charge in [-0.2, -0.15) is 4.98 Å². The van der Waals surface area contributed by atoms with Gasteiger partial charge in [-0.3, -0.25) is 0 Å². The quantitative estimate of drug-likeness (QED) is 0.442. The van der Waals surface area contributed by atoms with Gasteiger partial charge in [-0.25, -0.2) is 0 Å². The highest BCUT2D eigenvalue weighted by molar-refractivity contribution is 5.84. The first-order chi connectivity index (χ1) is 13.3. The van der Waals surface area contributed by atoms with Crippen LogP contribution in [-0.2, 0) is 0 Å². The zero-order valence-electron chi connectivity index (χ0n) is 15.1. The third-order valence-corrected chi connectivity index (χ3v) is 4.30. The largest absolute Gasteiger partial charge is 0.573 e. The van der Waals surface area contributed by atoms with Crippen LogP contribution in [0.5, 0.6) is 5.75 Å². The maximum Gasteiger partial charge on any atom is 0.573 e. The van der Waals surface area contributed by atoms with Gasteiger partial charge in [-0.15, -0.1) is 13.2 Å². The summed E-state index contributed by atoms with van der Waals surface area (Å²) in [5.74, 6) is -0.141. The molecule has 2 aromatic heterocycles. The lowest BCUT2D eigenvalue weighted by molar-refractivity contribution is -0.274. The summed E-state index contributed by atoms with van der Waals surface area (Å²) in [5.41, 5.74) is 1.85. The lowest BCUT2D eigenvalue weighted by Crippen LogP contribution is -2.17. The number of hydrogen-bond donors (Lipinski definition) is 0. The van der Waals surface area contributed by atoms with Crippen molar-refractivity contribution in [2.75, 3.05) is 0 Å². The van der Waals surface area contributed by atoms with Gasteiger partial charge in [0.05, 0.1) is 5.56 Å². The lowest BCUT2D eigenvalue weighted by Gasteiger charge is -2.10. The van der Waals surface area contributed by atoms with Gasteiger partial charge in [0.15, 0.2) is 0 Å². The highest BCUT2D eigenvalue weighted by Gasteiger charge is 2.32. The van der Waals surface area contributed by atoms with Crippen LogP contribution in [-0.4, -0.2) is 21.1 Å². The minimum absolute atomic E-state index is 0.0229. The Hall–Kier alpha value is -3.29. The van der Waals surface area contributed by atoms with Crippen molar-refractivity contribution in [3.63, 3.8) is 0 Å². The molecule has 0 aliphatic heterocycles. The first kappa shape index (κ1) is 18.1. The molecule has 0 radical (unpaired) electrons. The number of para-hydroxylation sites is 1. The molecule has 0 unspecified atom stereocenters. The fourth-order valence-corrected chi connectivity index (χ4v) is 3.06. The van der Waals surface area contributed by atoms with Crippen LogP contribution in [0.4, 0.5) is 13.2 Å². The van der Waals surface area contributed by atoms with Gasteiger partial charge in [0.1, 0.15) is 5.75 Å². The monoisotopic (exact) mass is 387 g/mol. The van der Waals surface area contributed by atoms with Gasteiger partial charge in [-0.05, 0) is 50.2 Å². The maximum atomic E-state index is 12.6. The molecule has 0 aliphatic carbocycles. The van der Waals surface area contributed by atoms with Crippen molar-refractivity contribution in [3.05, 3.63) is 54.7 Å². The molecule has 0 aliphatic rings. The summed E-state index contributed by atoms with van der Waals surface area (Å²) < 4.78 is 49.4. The average molecular weight is 387 g/mol. The van der Waals surface area contributed by atoms with Crippen molar-refractivity contribution in [1.82, 2.24) is 14.7 Å². The molecule has 5 nitrogen and oxygen atoms in total. The minimum Gasteiger partial charge on any atom is -0.405 e. The first-order valence-electron chi connectivity index (χ1n) is 8.61. The standard InChI is InChI=1S/C20H16F3N3O2/c1-12(2)26-10-9-13-11-14(7-8-16(13)26)19-24-18(25-28-19)15-5-3-4-6-17(15)27-20(21,22)23/h3-12H,1-2H3. The molecule has 0 N–H and O–H groups in total. The third-order valence-electron chi connectivity index (χ3n) is 4.30. The Morgan fingerprint density at radius 1 is 1.07 bits per heavy atom. The number of nitrogens with zero attached hydrogens (tertiary/aromatic N) is 3. The number of benzene rings is 2. The van der Waals surface area contributed by atoms with E-state index in [-0.39, 0.29) is 23.0 Å². The van der Waals surface area contributed by atoms with Crippen LogP contribution in [0.1, 0.15) is 19.9 Å². The Morgan fingerprint density at radius 3 is 2.61 bits per heavy atom. The van der Waals surface area contributed by atoms with Crippen molar-refractivity contribution in [2.24, 2.45) is 0 Å². The molecule has 0 fully saturated rings. The molecule has 0 atom stereocenters. The predicted molar refractivity (Wildman–Crippen MR) is 97.7 cm³/mol. The summed E-state index contributed by atoms with van der Waals surface area (Å²) in [7, 11) is 0. The number of aromatic nitrogens is 3. The van der Waals surface area contributed by atoms with Gasteiger partial charge in [0, 0.05) is 28.7 Å². The van der Waals surface area contributed by atoms with E-state index >= 15 is 0 Å². The summed E-state index contributed by atoms with van der Waals surface area (Å²) in [5, 5.41) is 4.83. The van der Waals surface area contributed by atoms with Crippen LogP contribution in [0, 0.1) is 0 Å². The Morgan fingerprint density at radius 2 is 1.86 bits per heavy atom. The van der Waals surface area contributed by atoms with Gasteiger partial charge < -0.3 is 13.8 Å². The average Bonchev–Trinajstić information content (AvgIpc) is 3.27. The molecule has 0 saturated carbocycles. The molecular formula is C20H16F3N3O2. The summed E-state index contributed by atoms with van der Waals surface area (Å²) in [6, 6.07) is 13.7. The van der Waals surface area contributed by atoms with E-state index in [0.29, 0.717) is 11.6 Å². The van der Waals surface area contributed by atoms with Gasteiger partial charge in [0.25, 0.3) is 5.89 Å². The SMILES string of the molecule is CC(C)n1ccc2cc(-c3nc(-c4ccccc4OC(F)(F)F)no3)ccc21. The van der Waals surface area contributed by atoms with E-state index in [4.69, 9.17) is 4.52 Å². The summed E-state index contributed by atoms with van der Waals surface area (Å²) >= 11 is 0. The topological polar surface area (TPSA) is 53.1 Å². The van der Waals surface area contributed by atoms with Gasteiger partial charge in [-0.1, -0.05) is 17.3 Å². The number of rotatable bonds is 4. The Bertz CT molecular complexity index is 1130. The number of fused-ring (bicyclic) bond motifs is 1. The van der Waals surface area contributed by atoms with E-state index in [2.05, 4.69) is 33.3 Å². The van der Waals surface area contributed by atoms with Crippen LogP contribution >= 0.6 is 0 Å². The zero-order valence-corrected chi connectivity index (χ0v) is 15.1. The van der Waals surface area contributed by atoms with E-state index in [1.165, 1.54) is 18.2 Å². The maximum absolute atomic E-state index is 12.6. The first-order valence-corrected chi connectivity index (χ1v) is 8.61. The zero-order chi connectivity index (χ0) is 19.9. The molecule has 0 amide bonds. The fourth-order valence-electron chi connectivity index (χ4n) is 3.06. The van der Waals surface area contributed by atoms with Crippen molar-refractivity contribution in [1.29, 1.82) is 0 Å². The van der Waals surface area contributed by atoms with E-state index in [1.807, 2.05) is 30.5 Å². The van der Waals surface area contributed by atoms with Crippen molar-refractivity contribution in [3.8, 4) is 28.6 Å². The number of halogens is 3. The van der Waals surface area contributed by atoms with E-state index in [0.717, 1.165) is 10.9 Å². The normalized spacial score (nSPS) is 12.1. The highest BCUT2D eigenvalue weighted by Crippen LogP contribution is 2.33. The van der Waals surface area contributed by atoms with Crippen LogP contribution in [0.25, 0.3) is 33.7 Å². The Kier molecular flexibility index (Phi) is 4.33. The lowest BCUT2D eigenvalue weighted by atomic mass is 10.1. The third kappa shape index (κ3) is 3.45. The molecular weight excluding hydrogens is 371 g/mol. The summed E-state index contributed by atoms with van der Waals surface area (Å²) in [6.07, 6.45) is -2.81. The summed E-state index contributed by atoms with van der Waals surface area (Å²) in [6.45, 7) is 4.19. The second kappa shape index (κ2) is 6.70. The van der Waals surface area contributed by atoms with E-state index < -0.39 is 6.36 Å². The van der Waals surface area contributed by atoms with Crippen LogP contribution in [0.3, 0.4) is 0 Å². The fraction of sp³-hybridized carbons (Fsp3) is 0.200. The second-order valence-electron chi connectivity index (χ2n) is 6.56. The van der Waals surface area contributed by atoms with Crippen molar-refractivity contribution < 1.29 is 22.4 Å². The van der Waals surface area contributed by atoms with Crippen molar-refractivity contribution in [2.45, 2.75) is 26.3 Å². The van der Waals surface area contributed by atoms with E-state index in [9.17, 15) is 13.2 Å². The molecule has 28 heavy (non-hydrogen) atoms. The Labute approximate surface area is 158 Å². The highest BCUT2D eigenvalue weighted by atomic mass is 19.4. The molecule has 4 aromatic rings. The predicted octanol–water partition coefficient (Wildman–Crippen LogP) is 5.84. The van der Waals surface area contributed by atoms with E-state index in [1.54, 1.807) is 6.07 Å². The van der Waals surface area contributed by atoms with Crippen LogP contribution < -0.4 is 4.74 Å². The number of hydrogen-bond acceptors (Lipinski definition) is 4. The molecule has 8 heteroatoms. The number of ether oxygens (including phenoxy) is 1. The molecule has 144 valence electrons. The smallest absolute Gasteiger partial charge is 0.405 e. The molecule has 4 rings (SSSR count). The minimum atomic E-state index is -4.81. The molecule has 0 spiro atoms. The number of alkyl halides is 3. The van der Waals surface area contributed by atoms with Crippen molar-refractivity contribution >= 4 is 10.9 Å². The molecule has 0 saturated heterocycles. The second-order valence-corrected chi connectivity index (χ2v) is 6.56. The van der Waals surface area contributed by atoms with Crippen LogP contribution in [0.15, 0.2) is 59.3 Å². The van der Waals surface area contributed by atoms with Gasteiger partial charge in [0.2, 0.25) is 5.82 Å². The van der Waals surface area contributed by atoms with Crippen LogP contribution in [0.2, 0.25) is 0 Å². The molecule has 2 heterocycles. The summed E-state index contributed by atoms with van der Waals surface area (Å²) in [4.78, 5) is 4.26. The Balaban J connectivity index is 1.70. The van der Waals surface area contributed by atoms with Gasteiger partial charge >= 0.3 is 6.36 Å².